The van der Waals surface area contributed by atoms with Gasteiger partial charge in [-0.05, 0) is 49.4 Å². The van der Waals surface area contributed by atoms with Crippen molar-refractivity contribution in [3.8, 4) is 0 Å². The van der Waals surface area contributed by atoms with Gasteiger partial charge in [0.1, 0.15) is 5.76 Å². The van der Waals surface area contributed by atoms with Gasteiger partial charge in [0.25, 0.3) is 5.56 Å². The number of amides is 1. The minimum absolute atomic E-state index is 0.0294. The summed E-state index contributed by atoms with van der Waals surface area (Å²) < 4.78 is 45.6. The summed E-state index contributed by atoms with van der Waals surface area (Å²) in [5.41, 5.74) is -0.637. The highest BCUT2D eigenvalue weighted by molar-refractivity contribution is 8.00. The van der Waals surface area contributed by atoms with Gasteiger partial charge in [-0.1, -0.05) is 30.0 Å². The zero-order chi connectivity index (χ0) is 23.6. The molecule has 0 bridgehead atoms. The number of rotatable bonds is 6. The lowest BCUT2D eigenvalue weighted by molar-refractivity contribution is -0.137. The molecule has 0 radical (unpaired) electrons. The number of nitrogens with zero attached hydrogens (tertiary/aromatic N) is 2. The van der Waals surface area contributed by atoms with E-state index in [9.17, 15) is 22.8 Å². The van der Waals surface area contributed by atoms with Gasteiger partial charge < -0.3 is 9.73 Å². The number of aromatic nitrogens is 2. The van der Waals surface area contributed by atoms with E-state index in [1.807, 2.05) is 0 Å². The quantitative estimate of drug-likeness (QED) is 0.309. The molecule has 33 heavy (non-hydrogen) atoms. The summed E-state index contributed by atoms with van der Waals surface area (Å²) in [4.78, 5) is 30.4. The summed E-state index contributed by atoms with van der Waals surface area (Å²) in [5, 5.41) is 2.46. The molecule has 0 aliphatic carbocycles. The zero-order valence-corrected chi connectivity index (χ0v) is 18.1. The van der Waals surface area contributed by atoms with E-state index in [-0.39, 0.29) is 17.8 Å². The van der Waals surface area contributed by atoms with E-state index >= 15 is 0 Å². The van der Waals surface area contributed by atoms with E-state index in [0.29, 0.717) is 21.8 Å². The molecule has 0 saturated carbocycles. The maximum absolute atomic E-state index is 13.1. The maximum Gasteiger partial charge on any atom is 0.416 e. The monoisotopic (exact) mass is 473 g/mol. The number of alkyl halides is 3. The Morgan fingerprint density at radius 2 is 1.94 bits per heavy atom. The average molecular weight is 473 g/mol. The first kappa shape index (κ1) is 22.7. The number of para-hydroxylation sites is 1. The van der Waals surface area contributed by atoms with E-state index < -0.39 is 22.9 Å². The van der Waals surface area contributed by atoms with Gasteiger partial charge in [0, 0.05) is 5.69 Å². The van der Waals surface area contributed by atoms with Crippen LogP contribution in [-0.2, 0) is 17.5 Å². The Labute approximate surface area is 190 Å². The first-order chi connectivity index (χ1) is 15.7. The molecule has 0 saturated heterocycles. The van der Waals surface area contributed by atoms with Gasteiger partial charge in [-0.2, -0.15) is 13.2 Å². The molecule has 0 fully saturated rings. The lowest BCUT2D eigenvalue weighted by Crippen LogP contribution is -2.27. The Balaban J connectivity index is 1.61. The summed E-state index contributed by atoms with van der Waals surface area (Å²) in [6.45, 7) is 1.71. The van der Waals surface area contributed by atoms with E-state index in [0.717, 1.165) is 23.9 Å². The number of anilines is 1. The summed E-state index contributed by atoms with van der Waals surface area (Å²) in [6.07, 6.45) is -3.02. The number of benzene rings is 2. The number of hydrogen-bond donors (Lipinski definition) is 1. The van der Waals surface area contributed by atoms with Crippen LogP contribution in [0, 0.1) is 0 Å². The van der Waals surface area contributed by atoms with Crippen molar-refractivity contribution >= 4 is 34.3 Å². The third-order valence-electron chi connectivity index (χ3n) is 4.83. The van der Waals surface area contributed by atoms with Gasteiger partial charge in [-0.3, -0.25) is 14.2 Å². The van der Waals surface area contributed by atoms with E-state index in [4.69, 9.17) is 4.42 Å². The highest BCUT2D eigenvalue weighted by atomic mass is 32.2. The molecule has 6 nitrogen and oxygen atoms in total. The van der Waals surface area contributed by atoms with E-state index in [2.05, 4.69) is 10.3 Å². The van der Waals surface area contributed by atoms with Crippen LogP contribution in [0.5, 0.6) is 0 Å². The van der Waals surface area contributed by atoms with Gasteiger partial charge in [-0.15, -0.1) is 0 Å². The molecule has 0 spiro atoms. The van der Waals surface area contributed by atoms with Crippen molar-refractivity contribution in [3.05, 3.63) is 88.6 Å². The van der Waals surface area contributed by atoms with Crippen molar-refractivity contribution in [2.75, 3.05) is 5.32 Å². The van der Waals surface area contributed by atoms with Crippen molar-refractivity contribution in [1.82, 2.24) is 9.55 Å². The fourth-order valence-corrected chi connectivity index (χ4v) is 4.07. The van der Waals surface area contributed by atoms with Gasteiger partial charge in [0.2, 0.25) is 5.91 Å². The number of carbonyl (C=O) groups excluding carboxylic acids is 1. The molecule has 1 atom stereocenters. The van der Waals surface area contributed by atoms with Crippen LogP contribution < -0.4 is 10.9 Å². The van der Waals surface area contributed by atoms with E-state index in [1.54, 1.807) is 43.3 Å². The summed E-state index contributed by atoms with van der Waals surface area (Å²) in [7, 11) is 0. The minimum atomic E-state index is -4.52. The van der Waals surface area contributed by atoms with Crippen LogP contribution in [0.15, 0.2) is 81.3 Å². The van der Waals surface area contributed by atoms with Crippen molar-refractivity contribution in [3.63, 3.8) is 0 Å². The molecule has 0 aliphatic rings. The number of furan rings is 1. The number of thioether (sulfide) groups is 1. The minimum Gasteiger partial charge on any atom is -0.467 e. The van der Waals surface area contributed by atoms with Crippen molar-refractivity contribution < 1.29 is 22.4 Å². The molecular formula is C23H18F3N3O3S. The van der Waals surface area contributed by atoms with E-state index in [1.165, 1.54) is 23.0 Å². The number of halogens is 3. The van der Waals surface area contributed by atoms with Gasteiger partial charge in [0.15, 0.2) is 5.16 Å². The molecule has 1 amide bonds. The van der Waals surface area contributed by atoms with Gasteiger partial charge in [0.05, 0.1) is 34.5 Å². The van der Waals surface area contributed by atoms with Crippen LogP contribution in [0.2, 0.25) is 0 Å². The Hall–Kier alpha value is -3.53. The standard InChI is InChI=1S/C23H18F3N3O3S/c1-14(20(30)27-16-7-4-6-15(12-16)23(24,25)26)33-22-28-19-10-3-2-9-18(19)21(31)29(22)13-17-8-5-11-32-17/h2-12,14H,13H2,1H3,(H,27,30). The maximum atomic E-state index is 13.1. The molecular weight excluding hydrogens is 455 g/mol. The first-order valence-electron chi connectivity index (χ1n) is 9.89. The predicted molar refractivity (Wildman–Crippen MR) is 119 cm³/mol. The van der Waals surface area contributed by atoms with Crippen LogP contribution in [0.25, 0.3) is 10.9 Å². The number of nitrogens with one attached hydrogen (secondary N) is 1. The smallest absolute Gasteiger partial charge is 0.416 e. The molecule has 2 heterocycles. The third kappa shape index (κ3) is 5.11. The molecule has 1 unspecified atom stereocenters. The number of hydrogen-bond acceptors (Lipinski definition) is 5. The highest BCUT2D eigenvalue weighted by Crippen LogP contribution is 2.31. The van der Waals surface area contributed by atoms with Crippen LogP contribution in [0.3, 0.4) is 0 Å². The molecule has 1 N–H and O–H groups in total. The molecule has 4 rings (SSSR count). The second-order valence-corrected chi connectivity index (χ2v) is 8.52. The SMILES string of the molecule is CC(Sc1nc2ccccc2c(=O)n1Cc1ccco1)C(=O)Nc1cccc(C(F)(F)F)c1. The largest absolute Gasteiger partial charge is 0.467 e. The highest BCUT2D eigenvalue weighted by Gasteiger charge is 2.30. The molecule has 170 valence electrons. The molecule has 4 aromatic rings. The van der Waals surface area contributed by atoms with Crippen LogP contribution in [0.4, 0.5) is 18.9 Å². The van der Waals surface area contributed by atoms with Gasteiger partial charge >= 0.3 is 6.18 Å². The Bertz CT molecular complexity index is 1350. The third-order valence-corrected chi connectivity index (χ3v) is 5.92. The van der Waals surface area contributed by atoms with Gasteiger partial charge in [-0.25, -0.2) is 4.98 Å². The second-order valence-electron chi connectivity index (χ2n) is 7.21. The van der Waals surface area contributed by atoms with Crippen molar-refractivity contribution in [1.29, 1.82) is 0 Å². The number of fused-ring (bicyclic) bond motifs is 1. The molecule has 0 aliphatic heterocycles. The Morgan fingerprint density at radius 1 is 1.15 bits per heavy atom. The van der Waals surface area contributed by atoms with Crippen LogP contribution in [0.1, 0.15) is 18.2 Å². The molecule has 2 aromatic carbocycles. The lowest BCUT2D eigenvalue weighted by atomic mass is 10.2. The summed E-state index contributed by atoms with van der Waals surface area (Å²) in [5.74, 6) is 0.0170. The Morgan fingerprint density at radius 3 is 2.67 bits per heavy atom. The zero-order valence-electron chi connectivity index (χ0n) is 17.3. The normalized spacial score (nSPS) is 12.6. The molecule has 10 heteroatoms. The van der Waals surface area contributed by atoms with Crippen molar-refractivity contribution in [2.45, 2.75) is 30.1 Å². The number of carbonyl (C=O) groups is 1. The summed E-state index contributed by atoms with van der Waals surface area (Å²) >= 11 is 1.03. The topological polar surface area (TPSA) is 77.1 Å². The van der Waals surface area contributed by atoms with Crippen LogP contribution in [-0.4, -0.2) is 20.7 Å². The molecule has 2 aromatic heterocycles. The fourth-order valence-electron chi connectivity index (χ4n) is 3.16. The first-order valence-corrected chi connectivity index (χ1v) is 10.8. The predicted octanol–water partition coefficient (Wildman–Crippen LogP) is 5.18. The Kier molecular flexibility index (Phi) is 6.28. The lowest BCUT2D eigenvalue weighted by Gasteiger charge is -2.16. The fraction of sp³-hybridized carbons (Fsp3) is 0.174. The summed E-state index contributed by atoms with van der Waals surface area (Å²) in [6, 6.07) is 14.7. The average Bonchev–Trinajstić information content (AvgIpc) is 3.29. The van der Waals surface area contributed by atoms with Crippen LogP contribution >= 0.6 is 11.8 Å². The van der Waals surface area contributed by atoms with Crippen molar-refractivity contribution in [2.24, 2.45) is 0 Å². The second kappa shape index (κ2) is 9.14.